The lowest BCUT2D eigenvalue weighted by Crippen LogP contribution is -2.34. The molecule has 2 aliphatic rings. The third kappa shape index (κ3) is 5.10. The molecule has 1 unspecified atom stereocenters. The Labute approximate surface area is 199 Å². The van der Waals surface area contributed by atoms with Gasteiger partial charge < -0.3 is 14.6 Å². The van der Waals surface area contributed by atoms with Crippen molar-refractivity contribution in [2.45, 2.75) is 63.5 Å². The van der Waals surface area contributed by atoms with Crippen LogP contribution in [0.15, 0.2) is 35.3 Å². The number of hydrogen-bond donors (Lipinski definition) is 1. The van der Waals surface area contributed by atoms with Gasteiger partial charge >= 0.3 is 12.1 Å². The van der Waals surface area contributed by atoms with Crippen molar-refractivity contribution in [2.24, 2.45) is 5.92 Å². The van der Waals surface area contributed by atoms with E-state index >= 15 is 0 Å². The molecule has 2 aliphatic heterocycles. The highest BCUT2D eigenvalue weighted by Crippen LogP contribution is 2.40. The maximum Gasteiger partial charge on any atom is 0.395 e. The summed E-state index contributed by atoms with van der Waals surface area (Å²) in [6, 6.07) is 4.44. The number of benzene rings is 1. The largest absolute Gasteiger partial charge is 0.491 e. The van der Waals surface area contributed by atoms with Crippen LogP contribution in [0.1, 0.15) is 44.7 Å². The molecule has 6 nitrogen and oxygen atoms in total. The molecule has 1 aromatic heterocycles. The summed E-state index contributed by atoms with van der Waals surface area (Å²) in [5, 5.41) is 10.2. The number of fused-ring (bicyclic) bond motifs is 3. The van der Waals surface area contributed by atoms with Crippen LogP contribution in [-0.2, 0) is 16.0 Å². The fourth-order valence-electron chi connectivity index (χ4n) is 4.63. The Morgan fingerprint density at radius 1 is 1.29 bits per heavy atom. The van der Waals surface area contributed by atoms with Crippen molar-refractivity contribution in [3.63, 3.8) is 0 Å². The second-order valence-corrected chi connectivity index (χ2v) is 9.92. The lowest BCUT2D eigenvalue weighted by atomic mass is 9.91. The van der Waals surface area contributed by atoms with Crippen molar-refractivity contribution in [3.8, 4) is 16.9 Å². The minimum absolute atomic E-state index is 0.00372. The number of carboxylic acids is 1. The summed E-state index contributed by atoms with van der Waals surface area (Å²) in [5.41, 5.74) is 0.0227. The molecule has 0 aliphatic carbocycles. The van der Waals surface area contributed by atoms with Crippen molar-refractivity contribution < 1.29 is 32.5 Å². The Balaban J connectivity index is 1.78. The average molecular weight is 500 g/mol. The van der Waals surface area contributed by atoms with Crippen LogP contribution in [0.3, 0.4) is 0 Å². The Bertz CT molecular complexity index is 1160. The molecule has 10 heteroatoms. The van der Waals surface area contributed by atoms with Gasteiger partial charge in [-0.1, -0.05) is 17.7 Å². The number of carboxylic acid groups (broad SMARTS) is 1. The molecule has 0 spiro atoms. The lowest BCUT2D eigenvalue weighted by Gasteiger charge is -2.27. The summed E-state index contributed by atoms with van der Waals surface area (Å²) >= 11 is 6.11. The van der Waals surface area contributed by atoms with Crippen LogP contribution < -0.4 is 10.3 Å². The fourth-order valence-corrected chi connectivity index (χ4v) is 4.80. The molecular weight excluding hydrogens is 475 g/mol. The van der Waals surface area contributed by atoms with Gasteiger partial charge in [-0.25, -0.2) is 4.79 Å². The smallest absolute Gasteiger partial charge is 0.395 e. The Hall–Kier alpha value is -2.52. The lowest BCUT2D eigenvalue weighted by molar-refractivity contribution is -0.181. The molecule has 34 heavy (non-hydrogen) atoms. The fraction of sp³-hybridized carbons (Fsp3) is 0.500. The summed E-state index contributed by atoms with van der Waals surface area (Å²) in [6.45, 7) is 3.16. The minimum Gasteiger partial charge on any atom is -0.491 e. The first-order valence-electron chi connectivity index (χ1n) is 11.0. The Morgan fingerprint density at radius 2 is 2.03 bits per heavy atom. The van der Waals surface area contributed by atoms with Crippen molar-refractivity contribution in [1.82, 2.24) is 4.57 Å². The van der Waals surface area contributed by atoms with Crippen molar-refractivity contribution in [1.29, 1.82) is 0 Å². The quantitative estimate of drug-likeness (QED) is 0.621. The van der Waals surface area contributed by atoms with Crippen LogP contribution in [0.5, 0.6) is 5.75 Å². The molecule has 0 saturated carbocycles. The minimum atomic E-state index is -4.50. The van der Waals surface area contributed by atoms with Crippen molar-refractivity contribution >= 4 is 17.6 Å². The van der Waals surface area contributed by atoms with E-state index in [0.29, 0.717) is 22.6 Å². The first kappa shape index (κ1) is 24.6. The maximum absolute atomic E-state index is 13.6. The molecule has 1 aromatic carbocycles. The zero-order valence-corrected chi connectivity index (χ0v) is 19.4. The van der Waals surface area contributed by atoms with Gasteiger partial charge in [-0.3, -0.25) is 9.36 Å². The van der Waals surface area contributed by atoms with Gasteiger partial charge in [0.05, 0.1) is 23.8 Å². The van der Waals surface area contributed by atoms with Crippen molar-refractivity contribution in [2.75, 3.05) is 6.61 Å². The average Bonchev–Trinajstić information content (AvgIpc) is 3.07. The summed E-state index contributed by atoms with van der Waals surface area (Å²) in [4.78, 5) is 25.1. The molecule has 0 bridgehead atoms. The molecule has 3 heterocycles. The third-order valence-electron chi connectivity index (χ3n) is 6.44. The first-order valence-corrected chi connectivity index (χ1v) is 11.4. The highest BCUT2D eigenvalue weighted by atomic mass is 35.5. The van der Waals surface area contributed by atoms with E-state index in [1.165, 1.54) is 30.5 Å². The van der Waals surface area contributed by atoms with Crippen LogP contribution in [0.2, 0.25) is 5.02 Å². The Kier molecular flexibility index (Phi) is 6.46. The van der Waals surface area contributed by atoms with E-state index in [-0.39, 0.29) is 35.9 Å². The first-order chi connectivity index (χ1) is 15.8. The molecule has 3 atom stereocenters. The third-order valence-corrected chi connectivity index (χ3v) is 6.67. The number of rotatable bonds is 4. The molecule has 1 fully saturated rings. The maximum atomic E-state index is 13.6. The summed E-state index contributed by atoms with van der Waals surface area (Å²) in [7, 11) is 0. The molecule has 0 amide bonds. The predicted octanol–water partition coefficient (Wildman–Crippen LogP) is 5.26. The highest BCUT2D eigenvalue weighted by Gasteiger charge is 2.42. The van der Waals surface area contributed by atoms with Gasteiger partial charge in [0.2, 0.25) is 0 Å². The monoisotopic (exact) mass is 499 g/mol. The number of ether oxygens (including phenoxy) is 2. The number of halogens is 4. The van der Waals surface area contributed by atoms with Crippen LogP contribution in [-0.4, -0.2) is 40.1 Å². The normalized spacial score (nSPS) is 22.6. The van der Waals surface area contributed by atoms with E-state index in [1.54, 1.807) is 0 Å². The van der Waals surface area contributed by atoms with Crippen LogP contribution >= 0.6 is 11.6 Å². The summed E-state index contributed by atoms with van der Waals surface area (Å²) < 4.78 is 53.3. The Morgan fingerprint density at radius 3 is 2.65 bits per heavy atom. The second kappa shape index (κ2) is 8.92. The van der Waals surface area contributed by atoms with E-state index in [1.807, 2.05) is 13.8 Å². The van der Waals surface area contributed by atoms with E-state index in [2.05, 4.69) is 0 Å². The van der Waals surface area contributed by atoms with Crippen LogP contribution in [0.25, 0.3) is 11.1 Å². The number of hydrogen-bond acceptors (Lipinski definition) is 4. The predicted molar refractivity (Wildman–Crippen MR) is 119 cm³/mol. The zero-order valence-electron chi connectivity index (χ0n) is 18.7. The number of alkyl halides is 3. The second-order valence-electron chi connectivity index (χ2n) is 9.48. The highest BCUT2D eigenvalue weighted by molar-refractivity contribution is 6.30. The molecule has 4 rings (SSSR count). The van der Waals surface area contributed by atoms with Crippen molar-refractivity contribution in [3.05, 3.63) is 51.4 Å². The molecule has 1 saturated heterocycles. The number of pyridine rings is 1. The summed E-state index contributed by atoms with van der Waals surface area (Å²) in [6.07, 6.45) is -2.55. The van der Waals surface area contributed by atoms with E-state index in [0.717, 1.165) is 11.0 Å². The number of carbonyl (C=O) groups is 1. The molecular formula is C24H25ClF3NO5. The van der Waals surface area contributed by atoms with Gasteiger partial charge in [0, 0.05) is 23.1 Å². The van der Waals surface area contributed by atoms with E-state index < -0.39 is 36.3 Å². The zero-order chi connectivity index (χ0) is 24.8. The van der Waals surface area contributed by atoms with Gasteiger partial charge in [0.25, 0.3) is 5.56 Å². The number of nitrogens with zero attached hydrogens (tertiary/aromatic N) is 1. The topological polar surface area (TPSA) is 77.8 Å². The SMILES string of the molecule is CC1(C)CC[C@@H](CC(C(=O)O)n2cc3c(cc2=O)-c2cc(Cl)ccc2C[C@@H](C(F)(F)F)CO3)O1. The standard InChI is InChI=1S/C24H25ClF3NO5/c1-23(2)6-5-16(34-23)9-19(22(31)32)29-11-20-18(10-21(29)30)17-8-15(25)4-3-13(17)7-14(12-33-20)24(26,27)28/h3-4,8,10-11,14,16,19H,5-7,9,12H2,1-2H3,(H,31,32)/t14-,16+,19?/m1/s1. The van der Waals surface area contributed by atoms with Gasteiger partial charge in [0.1, 0.15) is 18.4 Å². The van der Waals surface area contributed by atoms with Gasteiger partial charge in [-0.2, -0.15) is 13.2 Å². The van der Waals surface area contributed by atoms with Crippen LogP contribution in [0.4, 0.5) is 13.2 Å². The van der Waals surface area contributed by atoms with E-state index in [4.69, 9.17) is 21.1 Å². The molecule has 184 valence electrons. The van der Waals surface area contributed by atoms with Gasteiger partial charge in [0.15, 0.2) is 0 Å². The molecule has 0 radical (unpaired) electrons. The van der Waals surface area contributed by atoms with E-state index in [9.17, 15) is 27.9 Å². The molecule has 2 aromatic rings. The molecule has 1 N–H and O–H groups in total. The van der Waals surface area contributed by atoms with Gasteiger partial charge in [-0.15, -0.1) is 0 Å². The van der Waals surface area contributed by atoms with Gasteiger partial charge in [-0.05, 0) is 56.4 Å². The summed E-state index contributed by atoms with van der Waals surface area (Å²) in [5.74, 6) is -3.01. The number of aromatic nitrogens is 1. The number of aliphatic carboxylic acids is 1. The van der Waals surface area contributed by atoms with Crippen LogP contribution in [0, 0.1) is 5.92 Å².